The van der Waals surface area contributed by atoms with Gasteiger partial charge in [0.05, 0.1) is 13.2 Å². The molecular weight excluding hydrogens is 252 g/mol. The number of hydrogen-bond acceptors (Lipinski definition) is 3. The predicted octanol–water partition coefficient (Wildman–Crippen LogP) is 2.31. The van der Waals surface area contributed by atoms with Gasteiger partial charge in [0, 0.05) is 19.0 Å². The highest BCUT2D eigenvalue weighted by Gasteiger charge is 2.62. The molecule has 1 aromatic carbocycles. The Morgan fingerprint density at radius 1 is 1.35 bits per heavy atom. The number of rotatable bonds is 3. The SMILES string of the molecule is COc1ccc([C@H]2C[C@]2(C#N)C(=O)N2CCCC2)cc1. The topological polar surface area (TPSA) is 53.3 Å². The highest BCUT2D eigenvalue weighted by molar-refractivity contribution is 5.90. The first-order chi connectivity index (χ1) is 9.71. The lowest BCUT2D eigenvalue weighted by atomic mass is 9.99. The minimum atomic E-state index is -0.821. The quantitative estimate of drug-likeness (QED) is 0.847. The van der Waals surface area contributed by atoms with E-state index in [1.165, 1.54) is 0 Å². The summed E-state index contributed by atoms with van der Waals surface area (Å²) >= 11 is 0. The van der Waals surface area contributed by atoms with Gasteiger partial charge >= 0.3 is 0 Å². The van der Waals surface area contributed by atoms with Gasteiger partial charge in [0.1, 0.15) is 11.2 Å². The van der Waals surface area contributed by atoms with Gasteiger partial charge in [-0.05, 0) is 37.0 Å². The molecule has 3 rings (SSSR count). The molecule has 2 fully saturated rings. The van der Waals surface area contributed by atoms with Crippen LogP contribution in [-0.2, 0) is 4.79 Å². The molecule has 2 aliphatic rings. The van der Waals surface area contributed by atoms with E-state index in [-0.39, 0.29) is 11.8 Å². The van der Waals surface area contributed by atoms with Gasteiger partial charge in [0.25, 0.3) is 0 Å². The zero-order chi connectivity index (χ0) is 14.2. The van der Waals surface area contributed by atoms with E-state index < -0.39 is 5.41 Å². The van der Waals surface area contributed by atoms with Crippen molar-refractivity contribution in [2.24, 2.45) is 5.41 Å². The average molecular weight is 270 g/mol. The zero-order valence-corrected chi connectivity index (χ0v) is 11.6. The first-order valence-electron chi connectivity index (χ1n) is 7.06. The lowest BCUT2D eigenvalue weighted by Gasteiger charge is -2.19. The fourth-order valence-corrected chi connectivity index (χ4v) is 3.11. The maximum absolute atomic E-state index is 12.5. The molecule has 1 saturated carbocycles. The molecule has 0 aromatic heterocycles. The molecule has 1 amide bonds. The van der Waals surface area contributed by atoms with Crippen LogP contribution in [0.1, 0.15) is 30.7 Å². The van der Waals surface area contributed by atoms with Crippen molar-refractivity contribution in [2.45, 2.75) is 25.2 Å². The van der Waals surface area contributed by atoms with E-state index in [0.29, 0.717) is 6.42 Å². The molecule has 1 heterocycles. The maximum Gasteiger partial charge on any atom is 0.243 e. The average Bonchev–Trinajstić information content (AvgIpc) is 3.00. The number of carbonyl (C=O) groups is 1. The van der Waals surface area contributed by atoms with Crippen molar-refractivity contribution in [2.75, 3.05) is 20.2 Å². The van der Waals surface area contributed by atoms with E-state index in [4.69, 9.17) is 4.74 Å². The third-order valence-corrected chi connectivity index (χ3v) is 4.45. The van der Waals surface area contributed by atoms with E-state index >= 15 is 0 Å². The van der Waals surface area contributed by atoms with Crippen LogP contribution in [0.4, 0.5) is 0 Å². The normalized spacial score (nSPS) is 28.0. The Bertz CT molecular complexity index is 555. The van der Waals surface area contributed by atoms with Gasteiger partial charge in [-0.1, -0.05) is 12.1 Å². The fourth-order valence-electron chi connectivity index (χ4n) is 3.11. The van der Waals surface area contributed by atoms with Crippen molar-refractivity contribution in [3.05, 3.63) is 29.8 Å². The summed E-state index contributed by atoms with van der Waals surface area (Å²) in [5.41, 5.74) is 0.235. The van der Waals surface area contributed by atoms with E-state index in [0.717, 1.165) is 37.2 Å². The summed E-state index contributed by atoms with van der Waals surface area (Å²) < 4.78 is 5.14. The Kier molecular flexibility index (Phi) is 3.13. The van der Waals surface area contributed by atoms with Gasteiger partial charge in [-0.25, -0.2) is 0 Å². The second-order valence-electron chi connectivity index (χ2n) is 5.61. The number of methoxy groups -OCH3 is 1. The summed E-state index contributed by atoms with van der Waals surface area (Å²) in [6.45, 7) is 1.61. The Morgan fingerprint density at radius 3 is 2.55 bits per heavy atom. The summed E-state index contributed by atoms with van der Waals surface area (Å²) in [5, 5.41) is 9.50. The van der Waals surface area contributed by atoms with Crippen LogP contribution in [0.25, 0.3) is 0 Å². The number of benzene rings is 1. The summed E-state index contributed by atoms with van der Waals surface area (Å²) in [4.78, 5) is 14.4. The number of nitrogens with zero attached hydrogens (tertiary/aromatic N) is 2. The van der Waals surface area contributed by atoms with E-state index in [1.54, 1.807) is 7.11 Å². The molecule has 1 aliphatic carbocycles. The molecule has 104 valence electrons. The monoisotopic (exact) mass is 270 g/mol. The molecule has 0 unspecified atom stereocenters. The molecule has 1 aliphatic heterocycles. The molecule has 4 nitrogen and oxygen atoms in total. The largest absolute Gasteiger partial charge is 0.497 e. The van der Waals surface area contributed by atoms with Crippen LogP contribution in [-0.4, -0.2) is 31.0 Å². The third-order valence-electron chi connectivity index (χ3n) is 4.45. The van der Waals surface area contributed by atoms with Crippen LogP contribution in [0.15, 0.2) is 24.3 Å². The van der Waals surface area contributed by atoms with Crippen molar-refractivity contribution in [3.8, 4) is 11.8 Å². The van der Waals surface area contributed by atoms with Gasteiger partial charge in [-0.15, -0.1) is 0 Å². The zero-order valence-electron chi connectivity index (χ0n) is 11.6. The highest BCUT2D eigenvalue weighted by atomic mass is 16.5. The van der Waals surface area contributed by atoms with Crippen LogP contribution in [0.5, 0.6) is 5.75 Å². The second kappa shape index (κ2) is 4.82. The minimum Gasteiger partial charge on any atom is -0.497 e. The van der Waals surface area contributed by atoms with E-state index in [1.807, 2.05) is 29.2 Å². The smallest absolute Gasteiger partial charge is 0.243 e. The fraction of sp³-hybridized carbons (Fsp3) is 0.500. The van der Waals surface area contributed by atoms with Crippen molar-refractivity contribution in [3.63, 3.8) is 0 Å². The first kappa shape index (κ1) is 13.0. The molecular formula is C16H18N2O2. The molecule has 20 heavy (non-hydrogen) atoms. The summed E-state index contributed by atoms with van der Waals surface area (Å²) in [5.74, 6) is 0.854. The van der Waals surface area contributed by atoms with Crippen LogP contribution in [0.3, 0.4) is 0 Å². The van der Waals surface area contributed by atoms with Crippen molar-refractivity contribution in [1.82, 2.24) is 4.90 Å². The Balaban J connectivity index is 1.79. The summed E-state index contributed by atoms with van der Waals surface area (Å²) in [6, 6.07) is 9.97. The maximum atomic E-state index is 12.5. The standard InChI is InChI=1S/C16H18N2O2/c1-20-13-6-4-12(5-7-13)14-10-16(14,11-17)15(19)18-8-2-3-9-18/h4-7,14H,2-3,8-10H2,1H3/t14-,16-/m1/s1. The van der Waals surface area contributed by atoms with Crippen molar-refractivity contribution in [1.29, 1.82) is 5.26 Å². The Hall–Kier alpha value is -2.02. The molecule has 4 heteroatoms. The Labute approximate surface area is 118 Å². The van der Waals surface area contributed by atoms with Crippen LogP contribution in [0.2, 0.25) is 0 Å². The van der Waals surface area contributed by atoms with Crippen LogP contribution in [0, 0.1) is 16.7 Å². The van der Waals surface area contributed by atoms with E-state index in [2.05, 4.69) is 6.07 Å². The van der Waals surface area contributed by atoms with Gasteiger partial charge in [-0.2, -0.15) is 5.26 Å². The molecule has 0 spiro atoms. The van der Waals surface area contributed by atoms with Crippen LogP contribution >= 0.6 is 0 Å². The Morgan fingerprint density at radius 2 is 2.00 bits per heavy atom. The van der Waals surface area contributed by atoms with Crippen LogP contribution < -0.4 is 4.74 Å². The van der Waals surface area contributed by atoms with Gasteiger partial charge in [0.15, 0.2) is 0 Å². The van der Waals surface area contributed by atoms with Crippen molar-refractivity contribution < 1.29 is 9.53 Å². The second-order valence-corrected chi connectivity index (χ2v) is 5.61. The lowest BCUT2D eigenvalue weighted by Crippen LogP contribution is -2.35. The first-order valence-corrected chi connectivity index (χ1v) is 7.06. The number of likely N-dealkylation sites (tertiary alicyclic amines) is 1. The summed E-state index contributed by atoms with van der Waals surface area (Å²) in [6.07, 6.45) is 2.76. The predicted molar refractivity (Wildman–Crippen MR) is 74.2 cm³/mol. The molecule has 0 bridgehead atoms. The molecule has 2 atom stereocenters. The number of ether oxygens (including phenoxy) is 1. The minimum absolute atomic E-state index is 0.0262. The van der Waals surface area contributed by atoms with Gasteiger partial charge in [0.2, 0.25) is 5.91 Å². The van der Waals surface area contributed by atoms with E-state index in [9.17, 15) is 10.1 Å². The van der Waals surface area contributed by atoms with Crippen molar-refractivity contribution >= 4 is 5.91 Å². The molecule has 1 saturated heterocycles. The number of hydrogen-bond donors (Lipinski definition) is 0. The molecule has 0 radical (unpaired) electrons. The number of carbonyl (C=O) groups excluding carboxylic acids is 1. The number of amides is 1. The van der Waals surface area contributed by atoms with Gasteiger partial charge in [-0.3, -0.25) is 4.79 Å². The highest BCUT2D eigenvalue weighted by Crippen LogP contribution is 2.60. The third kappa shape index (κ3) is 1.94. The number of nitriles is 1. The molecule has 1 aromatic rings. The molecule has 0 N–H and O–H groups in total. The van der Waals surface area contributed by atoms with Gasteiger partial charge < -0.3 is 9.64 Å². The lowest BCUT2D eigenvalue weighted by molar-refractivity contribution is -0.134. The summed E-state index contributed by atoms with van der Waals surface area (Å²) in [7, 11) is 1.63.